The summed E-state index contributed by atoms with van der Waals surface area (Å²) in [5, 5.41) is 11.6. The molecule has 1 heterocycles. The van der Waals surface area contributed by atoms with Gasteiger partial charge in [0.05, 0.1) is 12.3 Å². The molecule has 1 aromatic heterocycles. The second-order valence-electron chi connectivity index (χ2n) is 5.18. The fraction of sp³-hybridized carbons (Fsp3) is 0.375. The maximum atomic E-state index is 12.1. The summed E-state index contributed by atoms with van der Waals surface area (Å²) in [6.07, 6.45) is 0.836. The first-order valence-electron chi connectivity index (χ1n) is 7.54. The molecule has 2 rings (SSSR count). The lowest BCUT2D eigenvalue weighted by atomic mass is 10.1. The molecule has 2 amide bonds. The van der Waals surface area contributed by atoms with Gasteiger partial charge in [0, 0.05) is 12.7 Å². The Kier molecular flexibility index (Phi) is 6.74. The van der Waals surface area contributed by atoms with Gasteiger partial charge in [0.15, 0.2) is 4.34 Å². The predicted octanol–water partition coefficient (Wildman–Crippen LogP) is 2.60. The molecule has 0 saturated carbocycles. The number of amides is 2. The molecular weight excluding hydrogens is 344 g/mol. The van der Waals surface area contributed by atoms with Crippen LogP contribution >= 0.6 is 23.1 Å². The van der Waals surface area contributed by atoms with E-state index >= 15 is 0 Å². The highest BCUT2D eigenvalue weighted by Crippen LogP contribution is 2.22. The van der Waals surface area contributed by atoms with Gasteiger partial charge in [0.1, 0.15) is 5.01 Å². The molecule has 6 nitrogen and oxygen atoms in total. The number of anilines is 1. The summed E-state index contributed by atoms with van der Waals surface area (Å²) in [7, 11) is 1.62. The average Bonchev–Trinajstić information content (AvgIpc) is 2.98. The topological polar surface area (TPSA) is 75.2 Å². The minimum atomic E-state index is -0.205. The monoisotopic (exact) mass is 364 g/mol. The van der Waals surface area contributed by atoms with E-state index in [1.165, 1.54) is 28.0 Å². The van der Waals surface area contributed by atoms with Crippen molar-refractivity contribution in [3.05, 3.63) is 34.8 Å². The Bertz CT molecular complexity index is 718. The van der Waals surface area contributed by atoms with Crippen molar-refractivity contribution in [2.24, 2.45) is 0 Å². The van der Waals surface area contributed by atoms with Crippen LogP contribution in [0, 0.1) is 6.92 Å². The van der Waals surface area contributed by atoms with Gasteiger partial charge in [-0.15, -0.1) is 10.2 Å². The number of aryl methyl sites for hydroxylation is 2. The van der Waals surface area contributed by atoms with Crippen molar-refractivity contribution in [1.82, 2.24) is 15.1 Å². The van der Waals surface area contributed by atoms with Crippen LogP contribution in [0.15, 0.2) is 28.6 Å². The lowest BCUT2D eigenvalue weighted by Crippen LogP contribution is -2.36. The summed E-state index contributed by atoms with van der Waals surface area (Å²) in [5.74, 6) is -0.0838. The molecule has 0 saturated heterocycles. The fourth-order valence-corrected chi connectivity index (χ4v) is 3.77. The number of para-hydroxylation sites is 1. The highest BCUT2D eigenvalue weighted by molar-refractivity contribution is 8.01. The molecule has 2 aromatic rings. The van der Waals surface area contributed by atoms with Crippen LogP contribution in [0.3, 0.4) is 0 Å². The highest BCUT2D eigenvalue weighted by atomic mass is 32.2. The van der Waals surface area contributed by atoms with Gasteiger partial charge in [0.25, 0.3) is 0 Å². The molecule has 0 aliphatic rings. The smallest absolute Gasteiger partial charge is 0.243 e. The van der Waals surface area contributed by atoms with Crippen LogP contribution < -0.4 is 5.32 Å². The quantitative estimate of drug-likeness (QED) is 0.765. The first kappa shape index (κ1) is 18.4. The molecule has 0 fully saturated rings. The highest BCUT2D eigenvalue weighted by Gasteiger charge is 2.15. The van der Waals surface area contributed by atoms with E-state index in [2.05, 4.69) is 15.5 Å². The second-order valence-corrected chi connectivity index (χ2v) is 7.59. The zero-order valence-corrected chi connectivity index (χ0v) is 15.5. The van der Waals surface area contributed by atoms with Gasteiger partial charge in [-0.05, 0) is 25.0 Å². The van der Waals surface area contributed by atoms with Gasteiger partial charge in [-0.2, -0.15) is 0 Å². The Balaban J connectivity index is 1.83. The third-order valence-corrected chi connectivity index (χ3v) is 5.26. The predicted molar refractivity (Wildman–Crippen MR) is 97.5 cm³/mol. The van der Waals surface area contributed by atoms with Crippen LogP contribution in [0.2, 0.25) is 0 Å². The summed E-state index contributed by atoms with van der Waals surface area (Å²) in [6, 6.07) is 7.66. The molecule has 1 N–H and O–H groups in total. The van der Waals surface area contributed by atoms with E-state index in [-0.39, 0.29) is 24.1 Å². The maximum absolute atomic E-state index is 12.1. The molecule has 8 heteroatoms. The Morgan fingerprint density at radius 1 is 1.29 bits per heavy atom. The molecular formula is C16H20N4O2S2. The van der Waals surface area contributed by atoms with E-state index in [0.717, 1.165) is 27.0 Å². The number of rotatable bonds is 7. The third kappa shape index (κ3) is 5.31. The Hall–Kier alpha value is -1.93. The maximum Gasteiger partial charge on any atom is 0.243 e. The molecule has 0 spiro atoms. The first-order valence-corrected chi connectivity index (χ1v) is 9.34. The number of hydrogen-bond acceptors (Lipinski definition) is 6. The molecule has 0 aliphatic heterocycles. The standard InChI is InChI=1S/C16H20N4O2S2/c1-4-12-7-5-6-8-13(12)17-14(21)9-20(3)15(22)10-23-16-19-18-11(2)24-16/h5-8H,4,9-10H2,1-3H3,(H,17,21). The van der Waals surface area contributed by atoms with Crippen LogP contribution in [0.5, 0.6) is 0 Å². The molecule has 24 heavy (non-hydrogen) atoms. The van der Waals surface area contributed by atoms with Crippen molar-refractivity contribution in [3.8, 4) is 0 Å². The fourth-order valence-electron chi connectivity index (χ4n) is 2.01. The van der Waals surface area contributed by atoms with Gasteiger partial charge in [-0.1, -0.05) is 48.2 Å². The van der Waals surface area contributed by atoms with E-state index in [4.69, 9.17) is 0 Å². The van der Waals surface area contributed by atoms with Gasteiger partial charge in [0.2, 0.25) is 11.8 Å². The summed E-state index contributed by atoms with van der Waals surface area (Å²) < 4.78 is 0.760. The second kappa shape index (κ2) is 8.79. The normalized spacial score (nSPS) is 10.5. The van der Waals surface area contributed by atoms with Crippen LogP contribution in [-0.4, -0.2) is 46.3 Å². The van der Waals surface area contributed by atoms with Crippen LogP contribution in [-0.2, 0) is 16.0 Å². The van der Waals surface area contributed by atoms with Crippen LogP contribution in [0.25, 0.3) is 0 Å². The summed E-state index contributed by atoms with van der Waals surface area (Å²) in [6.45, 7) is 3.92. The average molecular weight is 364 g/mol. The van der Waals surface area contributed by atoms with Crippen LogP contribution in [0.1, 0.15) is 17.5 Å². The number of aromatic nitrogens is 2. The SMILES string of the molecule is CCc1ccccc1NC(=O)CN(C)C(=O)CSc1nnc(C)s1. The molecule has 0 bridgehead atoms. The van der Waals surface area contributed by atoms with E-state index in [1.54, 1.807) is 7.05 Å². The zero-order chi connectivity index (χ0) is 17.5. The third-order valence-electron chi connectivity index (χ3n) is 3.31. The Labute approximate surface area is 149 Å². The summed E-state index contributed by atoms with van der Waals surface area (Å²) >= 11 is 2.79. The number of carbonyl (C=O) groups excluding carboxylic acids is 2. The molecule has 0 unspecified atom stereocenters. The first-order chi connectivity index (χ1) is 11.5. The van der Waals surface area contributed by atoms with Crippen molar-refractivity contribution in [1.29, 1.82) is 0 Å². The number of nitrogens with one attached hydrogen (secondary N) is 1. The number of hydrogen-bond donors (Lipinski definition) is 1. The van der Waals surface area contributed by atoms with Crippen molar-refractivity contribution >= 4 is 40.6 Å². The number of likely N-dealkylation sites (N-methyl/N-ethyl adjacent to an activating group) is 1. The molecule has 0 atom stereocenters. The number of carbonyl (C=O) groups is 2. The van der Waals surface area contributed by atoms with Gasteiger partial charge in [-0.25, -0.2) is 0 Å². The summed E-state index contributed by atoms with van der Waals surface area (Å²) in [5.41, 5.74) is 1.87. The molecule has 0 radical (unpaired) electrons. The minimum absolute atomic E-state index is 0.0204. The number of nitrogens with zero attached hydrogens (tertiary/aromatic N) is 3. The lowest BCUT2D eigenvalue weighted by Gasteiger charge is -2.17. The number of thioether (sulfide) groups is 1. The van der Waals surface area contributed by atoms with E-state index in [9.17, 15) is 9.59 Å². The largest absolute Gasteiger partial charge is 0.336 e. The Morgan fingerprint density at radius 3 is 2.71 bits per heavy atom. The summed E-state index contributed by atoms with van der Waals surface area (Å²) in [4.78, 5) is 25.7. The molecule has 128 valence electrons. The van der Waals surface area contributed by atoms with Crippen molar-refractivity contribution in [2.75, 3.05) is 24.7 Å². The van der Waals surface area contributed by atoms with E-state index in [0.29, 0.717) is 0 Å². The van der Waals surface area contributed by atoms with E-state index in [1.807, 2.05) is 38.1 Å². The minimum Gasteiger partial charge on any atom is -0.336 e. The van der Waals surface area contributed by atoms with Crippen molar-refractivity contribution in [2.45, 2.75) is 24.6 Å². The van der Waals surface area contributed by atoms with Crippen LogP contribution in [0.4, 0.5) is 5.69 Å². The van der Waals surface area contributed by atoms with Crippen molar-refractivity contribution in [3.63, 3.8) is 0 Å². The zero-order valence-electron chi connectivity index (χ0n) is 13.9. The Morgan fingerprint density at radius 2 is 2.04 bits per heavy atom. The lowest BCUT2D eigenvalue weighted by molar-refractivity contribution is -0.131. The van der Waals surface area contributed by atoms with Crippen molar-refractivity contribution < 1.29 is 9.59 Å². The van der Waals surface area contributed by atoms with E-state index < -0.39 is 0 Å². The van der Waals surface area contributed by atoms with Gasteiger partial charge < -0.3 is 10.2 Å². The number of benzene rings is 1. The van der Waals surface area contributed by atoms with Gasteiger partial charge in [-0.3, -0.25) is 9.59 Å². The molecule has 0 aliphatic carbocycles. The van der Waals surface area contributed by atoms with Gasteiger partial charge >= 0.3 is 0 Å². The molecule has 1 aromatic carbocycles.